The van der Waals surface area contributed by atoms with Crippen LogP contribution < -0.4 is 0 Å². The second-order valence-corrected chi connectivity index (χ2v) is 12.6. The summed E-state index contributed by atoms with van der Waals surface area (Å²) in [5, 5.41) is 0.980. The number of hydrogen-bond acceptors (Lipinski definition) is 5. The maximum atomic E-state index is 13.6. The monoisotopic (exact) mass is 544 g/mol. The minimum absolute atomic E-state index is 0.299. The lowest BCUT2D eigenvalue weighted by atomic mass is 9.94. The highest BCUT2D eigenvalue weighted by atomic mass is 32.2. The molecule has 0 radical (unpaired) electrons. The molecule has 206 valence electrons. The summed E-state index contributed by atoms with van der Waals surface area (Å²) in [6.45, 7) is 3.55. The molecular formula is C32H40N4O2S. The van der Waals surface area contributed by atoms with Crippen LogP contribution in [-0.2, 0) is 23.1 Å². The van der Waals surface area contributed by atoms with E-state index in [4.69, 9.17) is 0 Å². The topological polar surface area (TPSA) is 58.4 Å². The van der Waals surface area contributed by atoms with Crippen molar-refractivity contribution in [2.45, 2.75) is 69.0 Å². The zero-order valence-electron chi connectivity index (χ0n) is 23.0. The second-order valence-electron chi connectivity index (χ2n) is 10.8. The van der Waals surface area contributed by atoms with E-state index in [1.807, 2.05) is 48.9 Å². The van der Waals surface area contributed by atoms with E-state index in [0.717, 1.165) is 49.5 Å². The molecule has 2 aromatic carbocycles. The average molecular weight is 545 g/mol. The number of unbranched alkanes of at least 4 members (excludes halogenated alkanes) is 1. The first-order valence-corrected chi connectivity index (χ1v) is 15.7. The van der Waals surface area contributed by atoms with Gasteiger partial charge in [-0.3, -0.25) is 9.88 Å². The third kappa shape index (κ3) is 6.78. The quantitative estimate of drug-likeness (QED) is 0.195. The molecule has 1 fully saturated rings. The highest BCUT2D eigenvalue weighted by Gasteiger charge is 2.22. The van der Waals surface area contributed by atoms with Gasteiger partial charge in [-0.25, -0.2) is 12.4 Å². The van der Waals surface area contributed by atoms with Gasteiger partial charge in [0.15, 0.2) is 0 Å². The minimum atomic E-state index is -3.70. The lowest BCUT2D eigenvalue weighted by molar-refractivity contribution is 0.182. The van der Waals surface area contributed by atoms with Crippen molar-refractivity contribution in [3.63, 3.8) is 0 Å². The van der Waals surface area contributed by atoms with E-state index in [-0.39, 0.29) is 0 Å². The Morgan fingerprint density at radius 3 is 2.31 bits per heavy atom. The maximum absolute atomic E-state index is 13.6. The normalized spacial score (nSPS) is 14.9. The summed E-state index contributed by atoms with van der Waals surface area (Å²) >= 11 is 0. The average Bonchev–Trinajstić information content (AvgIpc) is 3.35. The van der Waals surface area contributed by atoms with Gasteiger partial charge in [0.2, 0.25) is 0 Å². The molecule has 0 unspecified atom stereocenters. The Hall–Kier alpha value is -3.00. The predicted molar refractivity (Wildman–Crippen MR) is 158 cm³/mol. The van der Waals surface area contributed by atoms with Crippen LogP contribution >= 0.6 is 0 Å². The first-order chi connectivity index (χ1) is 19.0. The molecule has 0 aliphatic heterocycles. The first kappa shape index (κ1) is 27.6. The maximum Gasteiger partial charge on any atom is 0.268 e. The first-order valence-electron chi connectivity index (χ1n) is 14.2. The van der Waals surface area contributed by atoms with Crippen LogP contribution in [0.15, 0.2) is 90.2 Å². The van der Waals surface area contributed by atoms with Crippen molar-refractivity contribution in [2.24, 2.45) is 0 Å². The fraction of sp³-hybridized carbons (Fsp3) is 0.406. The van der Waals surface area contributed by atoms with Crippen LogP contribution in [0.4, 0.5) is 0 Å². The summed E-state index contributed by atoms with van der Waals surface area (Å²) in [6.07, 6.45) is 14.5. The summed E-state index contributed by atoms with van der Waals surface area (Å²) < 4.78 is 28.6. The summed E-state index contributed by atoms with van der Waals surface area (Å²) in [7, 11) is -1.41. The summed E-state index contributed by atoms with van der Waals surface area (Å²) in [5.41, 5.74) is 2.96. The molecule has 0 bridgehead atoms. The number of nitrogens with zero attached hydrogens (tertiary/aromatic N) is 4. The molecule has 4 aromatic rings. The number of aromatic nitrogens is 2. The Labute approximate surface area is 233 Å². The second kappa shape index (κ2) is 12.9. The van der Waals surface area contributed by atoms with Crippen molar-refractivity contribution in [3.8, 4) is 0 Å². The molecule has 1 saturated carbocycles. The summed E-state index contributed by atoms with van der Waals surface area (Å²) in [4.78, 5) is 9.49. The Bertz CT molecular complexity index is 1430. The van der Waals surface area contributed by atoms with Gasteiger partial charge in [-0.1, -0.05) is 55.7 Å². The van der Waals surface area contributed by atoms with Gasteiger partial charge >= 0.3 is 0 Å². The molecule has 0 atom stereocenters. The van der Waals surface area contributed by atoms with Crippen LogP contribution in [0.1, 0.15) is 56.1 Å². The van der Waals surface area contributed by atoms with Crippen LogP contribution in [0, 0.1) is 0 Å². The van der Waals surface area contributed by atoms with Crippen molar-refractivity contribution in [3.05, 3.63) is 96.4 Å². The fourth-order valence-corrected chi connectivity index (χ4v) is 7.26. The van der Waals surface area contributed by atoms with Crippen molar-refractivity contribution in [2.75, 3.05) is 20.1 Å². The van der Waals surface area contributed by atoms with Gasteiger partial charge in [0.05, 0.1) is 10.4 Å². The van der Waals surface area contributed by atoms with Crippen LogP contribution in [0.5, 0.6) is 0 Å². The van der Waals surface area contributed by atoms with Gasteiger partial charge in [-0.05, 0) is 87.3 Å². The zero-order valence-corrected chi connectivity index (χ0v) is 23.8. The van der Waals surface area contributed by atoms with Crippen molar-refractivity contribution < 1.29 is 8.42 Å². The smallest absolute Gasteiger partial charge is 0.268 e. The number of fused-ring (bicyclic) bond motifs is 1. The number of rotatable bonds is 12. The fourth-order valence-electron chi connectivity index (χ4n) is 5.85. The molecule has 1 aliphatic carbocycles. The predicted octanol–water partition coefficient (Wildman–Crippen LogP) is 6.32. The van der Waals surface area contributed by atoms with E-state index in [1.165, 1.54) is 41.6 Å². The van der Waals surface area contributed by atoms with E-state index in [0.29, 0.717) is 17.0 Å². The van der Waals surface area contributed by atoms with E-state index in [2.05, 4.69) is 34.0 Å². The Balaban J connectivity index is 1.34. The van der Waals surface area contributed by atoms with Gasteiger partial charge in [0, 0.05) is 43.1 Å². The molecule has 7 heteroatoms. The van der Waals surface area contributed by atoms with Crippen LogP contribution in [0.3, 0.4) is 0 Å². The van der Waals surface area contributed by atoms with Crippen molar-refractivity contribution >= 4 is 20.9 Å². The zero-order chi connectivity index (χ0) is 27.1. The van der Waals surface area contributed by atoms with Gasteiger partial charge in [-0.15, -0.1) is 0 Å². The molecule has 0 spiro atoms. The van der Waals surface area contributed by atoms with Crippen LogP contribution in [0.2, 0.25) is 0 Å². The van der Waals surface area contributed by atoms with E-state index in [1.54, 1.807) is 24.3 Å². The van der Waals surface area contributed by atoms with Gasteiger partial charge in [0.1, 0.15) is 0 Å². The number of hydrogen-bond donors (Lipinski definition) is 0. The molecular weight excluding hydrogens is 504 g/mol. The van der Waals surface area contributed by atoms with E-state index in [9.17, 15) is 8.42 Å². The minimum Gasteiger partial charge on any atom is -0.303 e. The van der Waals surface area contributed by atoms with E-state index >= 15 is 0 Å². The SMILES string of the molecule is CN(CCCCN(Cc1ccncc1)Cc1cn(S(=O)(=O)c2ccccc2)c2ccccc12)C1CCCCC1. The molecule has 1 aliphatic rings. The molecule has 2 heterocycles. The lowest BCUT2D eigenvalue weighted by Crippen LogP contribution is -2.34. The number of pyridine rings is 1. The Kier molecular flexibility index (Phi) is 9.12. The molecule has 0 N–H and O–H groups in total. The van der Waals surface area contributed by atoms with Crippen molar-refractivity contribution in [1.82, 2.24) is 18.8 Å². The van der Waals surface area contributed by atoms with Gasteiger partial charge in [-0.2, -0.15) is 0 Å². The Morgan fingerprint density at radius 2 is 1.54 bits per heavy atom. The van der Waals surface area contributed by atoms with Crippen LogP contribution in [-0.4, -0.2) is 53.4 Å². The number of benzene rings is 2. The summed E-state index contributed by atoms with van der Waals surface area (Å²) in [5.74, 6) is 0. The molecule has 2 aromatic heterocycles. The molecule has 5 rings (SSSR count). The standard InChI is InChI=1S/C32H40N4O2S/c1-34(29-12-4-2-5-13-29)22-10-11-23-35(24-27-18-20-33-21-19-27)25-28-26-36(32-17-9-8-16-31(28)32)39(37,38)30-14-6-3-7-15-30/h3,6-9,14-21,26,29H,2,4-5,10-13,22-25H2,1H3. The highest BCUT2D eigenvalue weighted by molar-refractivity contribution is 7.90. The summed E-state index contributed by atoms with van der Waals surface area (Å²) in [6, 6.07) is 21.4. The molecule has 0 saturated heterocycles. The largest absolute Gasteiger partial charge is 0.303 e. The van der Waals surface area contributed by atoms with E-state index < -0.39 is 10.0 Å². The molecule has 0 amide bonds. The third-order valence-corrected chi connectivity index (χ3v) is 9.73. The third-order valence-electron chi connectivity index (χ3n) is 8.04. The van der Waals surface area contributed by atoms with Crippen molar-refractivity contribution in [1.29, 1.82) is 0 Å². The van der Waals surface area contributed by atoms with Crippen LogP contribution in [0.25, 0.3) is 10.9 Å². The Morgan fingerprint density at radius 1 is 0.846 bits per heavy atom. The highest BCUT2D eigenvalue weighted by Crippen LogP contribution is 2.28. The molecule has 6 nitrogen and oxygen atoms in total. The lowest BCUT2D eigenvalue weighted by Gasteiger charge is -2.31. The number of para-hydroxylation sites is 1. The molecule has 39 heavy (non-hydrogen) atoms. The van der Waals surface area contributed by atoms with Gasteiger partial charge < -0.3 is 4.90 Å². The van der Waals surface area contributed by atoms with Gasteiger partial charge in [0.25, 0.3) is 10.0 Å².